The van der Waals surface area contributed by atoms with Crippen LogP contribution in [0.15, 0.2) is 15.9 Å². The summed E-state index contributed by atoms with van der Waals surface area (Å²) in [5, 5.41) is 13.6. The fourth-order valence-electron chi connectivity index (χ4n) is 2.37. The van der Waals surface area contributed by atoms with Crippen molar-refractivity contribution in [1.29, 1.82) is 0 Å². The van der Waals surface area contributed by atoms with Gasteiger partial charge in [0.25, 0.3) is 0 Å². The minimum Gasteiger partial charge on any atom is -0.330 e. The molecule has 0 radical (unpaired) electrons. The molecule has 0 aliphatic rings. The van der Waals surface area contributed by atoms with Gasteiger partial charge in [0, 0.05) is 18.1 Å². The maximum absolute atomic E-state index is 10.9. The Balaban J connectivity index is 0. The maximum atomic E-state index is 10.9. The fraction of sp³-hybridized carbons (Fsp3) is 1.00. The van der Waals surface area contributed by atoms with Crippen LogP contribution in [0.3, 0.4) is 0 Å². The molecule has 0 fully saturated rings. The number of hydrogen-bond donors (Lipinski definition) is 1. The Kier molecular flexibility index (Phi) is 16.3. The molecule has 15 heteroatoms. The van der Waals surface area contributed by atoms with Crippen LogP contribution in [0.5, 0.6) is 0 Å². The lowest BCUT2D eigenvalue weighted by molar-refractivity contribution is -2.00. The van der Waals surface area contributed by atoms with Crippen molar-refractivity contribution >= 4 is 0 Å². The highest BCUT2D eigenvalue weighted by Gasteiger charge is 2.18. The van der Waals surface area contributed by atoms with E-state index in [1.807, 2.05) is 41.5 Å². The van der Waals surface area contributed by atoms with E-state index in [1.165, 1.54) is 15.0 Å². The van der Waals surface area contributed by atoms with Crippen LogP contribution in [-0.2, 0) is 0 Å². The summed E-state index contributed by atoms with van der Waals surface area (Å²) >= 11 is 0. The van der Waals surface area contributed by atoms with Gasteiger partial charge in [-0.05, 0) is 41.5 Å². The van der Waals surface area contributed by atoms with Crippen molar-refractivity contribution in [3.05, 3.63) is 14.7 Å². The number of nitroso groups, excluding NO2 is 3. The molecule has 0 aromatic carbocycles. The topological polar surface area (TPSA) is 195 Å². The molecule has 0 amide bonds. The predicted molar refractivity (Wildman–Crippen MR) is 98.5 cm³/mol. The van der Waals surface area contributed by atoms with E-state index >= 15 is 0 Å². The summed E-state index contributed by atoms with van der Waals surface area (Å²) in [4.78, 5) is 33.9. The lowest BCUT2D eigenvalue weighted by Crippen LogP contribution is -3.14. The molecule has 0 aromatic rings. The Morgan fingerprint density at radius 1 is 0.633 bits per heavy atom. The number of rotatable bonds is 15. The van der Waals surface area contributed by atoms with Gasteiger partial charge in [0.1, 0.15) is 0 Å². The molecule has 0 saturated heterocycles. The highest BCUT2D eigenvalue weighted by Crippen LogP contribution is 1.98. The Morgan fingerprint density at radius 3 is 0.967 bits per heavy atom. The zero-order valence-corrected chi connectivity index (χ0v) is 19.1. The average molecular weight is 460 g/mol. The summed E-state index contributed by atoms with van der Waals surface area (Å²) in [6, 6.07) is 0.101. The van der Waals surface area contributed by atoms with E-state index in [0.717, 1.165) is 4.90 Å². The maximum Gasteiger partial charge on any atom is 0.0968 e. The molecule has 0 atom stereocenters. The van der Waals surface area contributed by atoms with Gasteiger partial charge in [-0.15, -0.1) is 25.0 Å². The first-order chi connectivity index (χ1) is 13.8. The third-order valence-electron chi connectivity index (χ3n) is 4.19. The molecule has 0 bridgehead atoms. The molecule has 1 N–H and O–H groups in total. The fourth-order valence-corrected chi connectivity index (χ4v) is 2.37. The highest BCUT2D eigenvalue weighted by atomic mass is 35.7. The Hall–Kier alpha value is -1.71. The molecule has 178 valence electrons. The minimum atomic E-state index is -4.94. The third kappa shape index (κ3) is 17.2. The zero-order valence-electron chi connectivity index (χ0n) is 18.4. The SMILES string of the molecule is CC(C)N(CC[NH+](CCN(N=O)C(C)C)CCN(N=O)C(C)C)N=O.[O-][Cl+3]([O-])([O-])[O-]. The van der Waals surface area contributed by atoms with E-state index < -0.39 is 10.2 Å². The van der Waals surface area contributed by atoms with Crippen LogP contribution in [0.4, 0.5) is 0 Å². The van der Waals surface area contributed by atoms with E-state index in [4.69, 9.17) is 18.6 Å². The first kappa shape index (κ1) is 30.5. The molecule has 0 spiro atoms. The smallest absolute Gasteiger partial charge is 0.0968 e. The molecule has 0 aliphatic carbocycles. The van der Waals surface area contributed by atoms with Gasteiger partial charge in [-0.1, -0.05) is 0 Å². The van der Waals surface area contributed by atoms with E-state index in [0.29, 0.717) is 39.3 Å². The standard InChI is InChI=1S/C15H33N7O3.ClHO4/c1-13(2)20(16-23)10-7-19(8-11-21(17-24)14(3)4)9-12-22(18-25)15(5)6;2-1(3,4)5/h13-15H,7-12H2,1-6H3;(H,2,3,4,5). The largest absolute Gasteiger partial charge is 0.330 e. The summed E-state index contributed by atoms with van der Waals surface area (Å²) in [6.07, 6.45) is 0. The second kappa shape index (κ2) is 16.0. The average Bonchev–Trinajstić information content (AvgIpc) is 2.60. The van der Waals surface area contributed by atoms with Crippen LogP contribution < -0.4 is 23.5 Å². The number of quaternary nitrogens is 1. The summed E-state index contributed by atoms with van der Waals surface area (Å²) in [7, 11) is -4.94. The van der Waals surface area contributed by atoms with E-state index in [9.17, 15) is 14.7 Å². The lowest BCUT2D eigenvalue weighted by atomic mass is 10.3. The summed E-state index contributed by atoms with van der Waals surface area (Å²) in [5.41, 5.74) is 0. The van der Waals surface area contributed by atoms with Crippen molar-refractivity contribution in [2.75, 3.05) is 39.3 Å². The second-order valence-electron chi connectivity index (χ2n) is 7.39. The van der Waals surface area contributed by atoms with Gasteiger partial charge in [0.2, 0.25) is 0 Å². The monoisotopic (exact) mass is 459 g/mol. The van der Waals surface area contributed by atoms with Crippen molar-refractivity contribution in [2.24, 2.45) is 15.9 Å². The van der Waals surface area contributed by atoms with E-state index in [2.05, 4.69) is 15.9 Å². The molecule has 0 aromatic heterocycles. The molecule has 0 aliphatic heterocycles. The number of halogens is 1. The molecule has 0 rings (SSSR count). The van der Waals surface area contributed by atoms with Gasteiger partial charge < -0.3 is 4.90 Å². The van der Waals surface area contributed by atoms with Crippen LogP contribution in [-0.4, -0.2) is 72.4 Å². The summed E-state index contributed by atoms with van der Waals surface area (Å²) < 4.78 is 34.0. The Morgan fingerprint density at radius 2 is 0.833 bits per heavy atom. The minimum absolute atomic E-state index is 0.0337. The van der Waals surface area contributed by atoms with Crippen LogP contribution in [0, 0.1) is 25.0 Å². The van der Waals surface area contributed by atoms with E-state index in [1.54, 1.807) is 0 Å². The first-order valence-electron chi connectivity index (χ1n) is 9.51. The Labute approximate surface area is 179 Å². The van der Waals surface area contributed by atoms with Gasteiger partial charge in [-0.25, -0.2) is 18.6 Å². The van der Waals surface area contributed by atoms with Gasteiger partial charge in [-0.3, -0.25) is 15.0 Å². The quantitative estimate of drug-likeness (QED) is 0.188. The molecular weight excluding hydrogens is 426 g/mol. The van der Waals surface area contributed by atoms with Gasteiger partial charge in [-0.2, -0.15) is 0 Å². The lowest BCUT2D eigenvalue weighted by Gasteiger charge is -2.28. The van der Waals surface area contributed by atoms with Crippen molar-refractivity contribution < 1.29 is 33.8 Å². The number of hydrogen-bond acceptors (Lipinski definition) is 10. The number of nitrogens with zero attached hydrogens (tertiary/aromatic N) is 6. The first-order valence-corrected chi connectivity index (χ1v) is 10.7. The molecule has 0 saturated carbocycles. The Bertz CT molecular complexity index is 418. The van der Waals surface area contributed by atoms with Crippen LogP contribution in [0.25, 0.3) is 0 Å². The highest BCUT2D eigenvalue weighted by molar-refractivity contribution is 4.60. The molecule has 0 unspecified atom stereocenters. The van der Waals surface area contributed by atoms with Crippen molar-refractivity contribution in [3.8, 4) is 0 Å². The zero-order chi connectivity index (χ0) is 23.9. The normalized spacial score (nSPS) is 11.4. The van der Waals surface area contributed by atoms with Gasteiger partial charge in [0.05, 0.1) is 55.1 Å². The van der Waals surface area contributed by atoms with Gasteiger partial charge >= 0.3 is 0 Å². The van der Waals surface area contributed by atoms with Crippen LogP contribution in [0.1, 0.15) is 41.5 Å². The molecule has 14 nitrogen and oxygen atoms in total. The third-order valence-corrected chi connectivity index (χ3v) is 4.19. The van der Waals surface area contributed by atoms with Crippen molar-refractivity contribution in [3.63, 3.8) is 0 Å². The van der Waals surface area contributed by atoms with Crippen molar-refractivity contribution in [1.82, 2.24) is 15.0 Å². The van der Waals surface area contributed by atoms with Crippen molar-refractivity contribution in [2.45, 2.75) is 59.7 Å². The molecular formula is C15H34ClN7O7. The second-order valence-corrected chi connectivity index (χ2v) is 8.15. The summed E-state index contributed by atoms with van der Waals surface area (Å²) in [6.45, 7) is 15.1. The van der Waals surface area contributed by atoms with Gasteiger partial charge in [0.15, 0.2) is 0 Å². The van der Waals surface area contributed by atoms with E-state index in [-0.39, 0.29) is 18.1 Å². The number of nitrogens with one attached hydrogen (secondary N) is 1. The molecule has 0 heterocycles. The van der Waals surface area contributed by atoms with Crippen LogP contribution >= 0.6 is 0 Å². The van der Waals surface area contributed by atoms with Crippen LogP contribution in [0.2, 0.25) is 0 Å². The molecule has 30 heavy (non-hydrogen) atoms. The predicted octanol–water partition coefficient (Wildman–Crippen LogP) is -3.71. The summed E-state index contributed by atoms with van der Waals surface area (Å²) in [5.74, 6) is 0.